The van der Waals surface area contributed by atoms with E-state index in [1.165, 1.54) is 32.1 Å². The van der Waals surface area contributed by atoms with Gasteiger partial charge in [-0.2, -0.15) is 0 Å². The normalized spacial score (nSPS) is 23.9. The summed E-state index contributed by atoms with van der Waals surface area (Å²) in [5.74, 6) is 0.743. The maximum Gasteiger partial charge on any atom is 0.00511 e. The van der Waals surface area contributed by atoms with Crippen molar-refractivity contribution >= 4 is 0 Å². The minimum Gasteiger partial charge on any atom is -0.0660 e. The van der Waals surface area contributed by atoms with Gasteiger partial charge in [0.25, 0.3) is 0 Å². The third kappa shape index (κ3) is 1.35. The number of fused-ring (bicyclic) bond motifs is 1. The Morgan fingerprint density at radius 2 is 2.07 bits per heavy atom. The van der Waals surface area contributed by atoms with Gasteiger partial charge in [0.15, 0.2) is 0 Å². The zero-order valence-electron chi connectivity index (χ0n) is 9.42. The molecule has 0 nitrogen and oxygen atoms in total. The molecule has 0 saturated carbocycles. The highest BCUT2D eigenvalue weighted by molar-refractivity contribution is 5.46. The fourth-order valence-electron chi connectivity index (χ4n) is 3.37. The second-order valence-electron chi connectivity index (χ2n) is 4.82. The third-order valence-corrected chi connectivity index (χ3v) is 4.04. The van der Waals surface area contributed by atoms with Crippen LogP contribution in [0.25, 0.3) is 0 Å². The van der Waals surface area contributed by atoms with E-state index in [1.54, 1.807) is 22.3 Å². The van der Waals surface area contributed by atoms with E-state index < -0.39 is 0 Å². The molecule has 2 aliphatic rings. The van der Waals surface area contributed by atoms with Crippen LogP contribution in [-0.4, -0.2) is 0 Å². The zero-order chi connectivity index (χ0) is 10.3. The van der Waals surface area contributed by atoms with Crippen molar-refractivity contribution in [1.29, 1.82) is 0 Å². The summed E-state index contributed by atoms with van der Waals surface area (Å²) in [6, 6.07) is 9.04. The minimum absolute atomic E-state index is 0.743. The van der Waals surface area contributed by atoms with Crippen LogP contribution >= 0.6 is 0 Å². The summed E-state index contributed by atoms with van der Waals surface area (Å²) in [6.07, 6.45) is 6.63. The van der Waals surface area contributed by atoms with Gasteiger partial charge in [-0.3, -0.25) is 0 Å². The van der Waals surface area contributed by atoms with Crippen LogP contribution in [0.15, 0.2) is 35.4 Å². The van der Waals surface area contributed by atoms with Gasteiger partial charge < -0.3 is 0 Å². The van der Waals surface area contributed by atoms with Crippen molar-refractivity contribution in [3.8, 4) is 0 Å². The number of benzene rings is 1. The zero-order valence-corrected chi connectivity index (χ0v) is 9.42. The monoisotopic (exact) mass is 198 g/mol. The Hall–Kier alpha value is -1.04. The van der Waals surface area contributed by atoms with Crippen molar-refractivity contribution in [2.75, 3.05) is 0 Å². The van der Waals surface area contributed by atoms with Gasteiger partial charge in [-0.05, 0) is 43.2 Å². The van der Waals surface area contributed by atoms with E-state index in [1.807, 2.05) is 0 Å². The molecule has 1 atom stereocenters. The Balaban J connectivity index is 2.10. The topological polar surface area (TPSA) is 0 Å². The van der Waals surface area contributed by atoms with Crippen molar-refractivity contribution < 1.29 is 0 Å². The molecule has 0 bridgehead atoms. The summed E-state index contributed by atoms with van der Waals surface area (Å²) >= 11 is 0. The second-order valence-corrected chi connectivity index (χ2v) is 4.82. The van der Waals surface area contributed by atoms with Gasteiger partial charge in [-0.25, -0.2) is 0 Å². The highest BCUT2D eigenvalue weighted by Crippen LogP contribution is 2.45. The molecule has 0 N–H and O–H groups in total. The summed E-state index contributed by atoms with van der Waals surface area (Å²) in [6.45, 7) is 2.33. The van der Waals surface area contributed by atoms with Gasteiger partial charge in [-0.1, -0.05) is 42.3 Å². The molecular weight excluding hydrogens is 180 g/mol. The smallest absolute Gasteiger partial charge is 0.00511 e. The van der Waals surface area contributed by atoms with Crippen molar-refractivity contribution in [1.82, 2.24) is 0 Å². The summed E-state index contributed by atoms with van der Waals surface area (Å²) < 4.78 is 0. The highest BCUT2D eigenvalue weighted by atomic mass is 14.3. The van der Waals surface area contributed by atoms with Crippen LogP contribution in [0.2, 0.25) is 0 Å². The maximum atomic E-state index is 2.34. The molecule has 0 spiro atoms. The molecule has 0 aliphatic heterocycles. The fraction of sp³-hybridized carbons (Fsp3) is 0.467. The first-order valence-corrected chi connectivity index (χ1v) is 6.18. The molecule has 0 amide bonds. The molecule has 2 aliphatic carbocycles. The first-order valence-electron chi connectivity index (χ1n) is 6.18. The van der Waals surface area contributed by atoms with E-state index in [0.717, 1.165) is 5.92 Å². The molecule has 1 aromatic rings. The standard InChI is InChI=1S/C15H18/c1-2-13-14-8-4-3-6-11(14)10-12-7-5-9-15(12)13/h3-4,6,8,13H,2,5,7,9-10H2,1H3. The Morgan fingerprint density at radius 1 is 1.20 bits per heavy atom. The van der Waals surface area contributed by atoms with Crippen LogP contribution in [0, 0.1) is 0 Å². The Bertz CT molecular complexity index is 412. The lowest BCUT2D eigenvalue weighted by Crippen LogP contribution is -2.11. The van der Waals surface area contributed by atoms with Gasteiger partial charge in [-0.15, -0.1) is 0 Å². The summed E-state index contributed by atoms with van der Waals surface area (Å²) in [4.78, 5) is 0. The van der Waals surface area contributed by atoms with Crippen LogP contribution < -0.4 is 0 Å². The van der Waals surface area contributed by atoms with Crippen molar-refractivity contribution in [3.05, 3.63) is 46.5 Å². The number of allylic oxidation sites excluding steroid dienone is 2. The lowest BCUT2D eigenvalue weighted by atomic mass is 9.78. The molecule has 0 radical (unpaired) electrons. The van der Waals surface area contributed by atoms with E-state index in [0.29, 0.717) is 0 Å². The average Bonchev–Trinajstić information content (AvgIpc) is 2.73. The minimum atomic E-state index is 0.743. The molecule has 0 heteroatoms. The van der Waals surface area contributed by atoms with Gasteiger partial charge in [0.2, 0.25) is 0 Å². The van der Waals surface area contributed by atoms with Crippen molar-refractivity contribution in [2.45, 2.75) is 44.9 Å². The molecule has 0 saturated heterocycles. The lowest BCUT2D eigenvalue weighted by molar-refractivity contribution is 0.704. The van der Waals surface area contributed by atoms with Crippen LogP contribution in [0.5, 0.6) is 0 Å². The molecule has 0 aromatic heterocycles. The van der Waals surface area contributed by atoms with Crippen molar-refractivity contribution in [3.63, 3.8) is 0 Å². The Kier molecular flexibility index (Phi) is 2.16. The molecule has 0 fully saturated rings. The summed E-state index contributed by atoms with van der Waals surface area (Å²) in [5.41, 5.74) is 6.75. The molecule has 1 unspecified atom stereocenters. The molecule has 0 heterocycles. The lowest BCUT2D eigenvalue weighted by Gasteiger charge is -2.27. The van der Waals surface area contributed by atoms with E-state index in [-0.39, 0.29) is 0 Å². The second kappa shape index (κ2) is 3.52. The number of rotatable bonds is 1. The Labute approximate surface area is 92.0 Å². The van der Waals surface area contributed by atoms with E-state index in [9.17, 15) is 0 Å². The fourth-order valence-corrected chi connectivity index (χ4v) is 3.37. The molecule has 78 valence electrons. The van der Waals surface area contributed by atoms with Crippen LogP contribution in [-0.2, 0) is 6.42 Å². The first-order chi connectivity index (χ1) is 7.40. The van der Waals surface area contributed by atoms with Crippen LogP contribution in [0.4, 0.5) is 0 Å². The van der Waals surface area contributed by atoms with Gasteiger partial charge in [0, 0.05) is 5.92 Å². The molecule has 3 rings (SSSR count). The highest BCUT2D eigenvalue weighted by Gasteiger charge is 2.28. The quantitative estimate of drug-likeness (QED) is 0.593. The Morgan fingerprint density at radius 3 is 2.93 bits per heavy atom. The predicted octanol–water partition coefficient (Wildman–Crippen LogP) is 4.22. The summed E-state index contributed by atoms with van der Waals surface area (Å²) in [7, 11) is 0. The predicted molar refractivity (Wildman–Crippen MR) is 64.1 cm³/mol. The first kappa shape index (κ1) is 9.21. The van der Waals surface area contributed by atoms with E-state index in [2.05, 4.69) is 31.2 Å². The largest absolute Gasteiger partial charge is 0.0660 e. The molecular formula is C15H18. The SMILES string of the molecule is CCC1C2=C(CCC2)Cc2ccccc21. The van der Waals surface area contributed by atoms with Crippen LogP contribution in [0.1, 0.15) is 49.7 Å². The van der Waals surface area contributed by atoms with Crippen molar-refractivity contribution in [2.24, 2.45) is 0 Å². The van der Waals surface area contributed by atoms with Gasteiger partial charge >= 0.3 is 0 Å². The maximum absolute atomic E-state index is 2.34. The van der Waals surface area contributed by atoms with Crippen LogP contribution in [0.3, 0.4) is 0 Å². The van der Waals surface area contributed by atoms with E-state index >= 15 is 0 Å². The summed E-state index contributed by atoms with van der Waals surface area (Å²) in [5, 5.41) is 0. The number of hydrogen-bond acceptors (Lipinski definition) is 0. The van der Waals surface area contributed by atoms with Gasteiger partial charge in [0.05, 0.1) is 0 Å². The van der Waals surface area contributed by atoms with Gasteiger partial charge in [0.1, 0.15) is 0 Å². The average molecular weight is 198 g/mol. The molecule has 1 aromatic carbocycles. The van der Waals surface area contributed by atoms with E-state index in [4.69, 9.17) is 0 Å². The third-order valence-electron chi connectivity index (χ3n) is 4.04. The number of hydrogen-bond donors (Lipinski definition) is 0. The molecule has 15 heavy (non-hydrogen) atoms.